The fourth-order valence-electron chi connectivity index (χ4n) is 1.11. The van der Waals surface area contributed by atoms with Crippen LogP contribution in [0.4, 0.5) is 0 Å². The molecule has 1 aliphatic rings. The van der Waals surface area contributed by atoms with Crippen LogP contribution in [0.25, 0.3) is 0 Å². The molecule has 0 aromatic heterocycles. The molecule has 4 nitrogen and oxygen atoms in total. The van der Waals surface area contributed by atoms with Gasteiger partial charge in [-0.2, -0.15) is 0 Å². The number of hydrogen-bond donors (Lipinski definition) is 2. The van der Waals surface area contributed by atoms with Crippen molar-refractivity contribution >= 4 is 5.91 Å². The zero-order valence-electron chi connectivity index (χ0n) is 5.75. The Labute approximate surface area is 59.5 Å². The highest BCUT2D eigenvalue weighted by atomic mass is 16.5. The van der Waals surface area contributed by atoms with Gasteiger partial charge >= 0.3 is 0 Å². The Kier molecular flexibility index (Phi) is 2.24. The number of rotatable bonds is 1. The van der Waals surface area contributed by atoms with Gasteiger partial charge < -0.3 is 16.2 Å². The lowest BCUT2D eigenvalue weighted by molar-refractivity contribution is -0.130. The summed E-state index contributed by atoms with van der Waals surface area (Å²) in [6, 6.07) is 0. The summed E-state index contributed by atoms with van der Waals surface area (Å²) >= 11 is 0. The molecule has 1 aliphatic heterocycles. The van der Waals surface area contributed by atoms with Crippen molar-refractivity contribution in [2.24, 2.45) is 17.4 Å². The van der Waals surface area contributed by atoms with Crippen molar-refractivity contribution in [1.82, 2.24) is 0 Å². The maximum atomic E-state index is 10.6. The van der Waals surface area contributed by atoms with Crippen molar-refractivity contribution in [3.63, 3.8) is 0 Å². The third-order valence-corrected chi connectivity index (χ3v) is 1.73. The second-order valence-electron chi connectivity index (χ2n) is 2.49. The summed E-state index contributed by atoms with van der Waals surface area (Å²) in [6.45, 7) is 0.644. The zero-order chi connectivity index (χ0) is 7.56. The molecule has 0 aromatic rings. The van der Waals surface area contributed by atoms with Crippen LogP contribution in [0.5, 0.6) is 0 Å². The van der Waals surface area contributed by atoms with E-state index < -0.39 is 6.23 Å². The quantitative estimate of drug-likeness (QED) is 0.505. The van der Waals surface area contributed by atoms with Crippen molar-refractivity contribution in [2.75, 3.05) is 6.61 Å². The van der Waals surface area contributed by atoms with Crippen LogP contribution < -0.4 is 11.5 Å². The number of hydrogen-bond acceptors (Lipinski definition) is 3. The van der Waals surface area contributed by atoms with E-state index in [0.29, 0.717) is 6.61 Å². The van der Waals surface area contributed by atoms with Gasteiger partial charge in [0.2, 0.25) is 5.91 Å². The number of carbonyl (C=O) groups excluding carboxylic acids is 1. The molecule has 4 heteroatoms. The van der Waals surface area contributed by atoms with Gasteiger partial charge in [-0.15, -0.1) is 0 Å². The first-order valence-corrected chi connectivity index (χ1v) is 3.38. The third kappa shape index (κ3) is 1.46. The minimum Gasteiger partial charge on any atom is -0.369 e. The average molecular weight is 144 g/mol. The summed E-state index contributed by atoms with van der Waals surface area (Å²) in [7, 11) is 0. The first-order valence-electron chi connectivity index (χ1n) is 3.38. The van der Waals surface area contributed by atoms with Gasteiger partial charge in [-0.3, -0.25) is 4.79 Å². The Morgan fingerprint density at radius 3 is 2.70 bits per heavy atom. The maximum absolute atomic E-state index is 10.6. The van der Waals surface area contributed by atoms with Gasteiger partial charge in [-0.05, 0) is 12.8 Å². The van der Waals surface area contributed by atoms with Crippen LogP contribution in [0.3, 0.4) is 0 Å². The lowest BCUT2D eigenvalue weighted by atomic mass is 9.99. The van der Waals surface area contributed by atoms with Crippen LogP contribution in [0.1, 0.15) is 12.8 Å². The van der Waals surface area contributed by atoms with E-state index in [1.165, 1.54) is 0 Å². The Bertz CT molecular complexity index is 138. The minimum absolute atomic E-state index is 0.284. The molecule has 2 unspecified atom stereocenters. The predicted molar refractivity (Wildman–Crippen MR) is 35.8 cm³/mol. The van der Waals surface area contributed by atoms with Gasteiger partial charge in [-0.25, -0.2) is 0 Å². The molecule has 0 aromatic carbocycles. The fourth-order valence-corrected chi connectivity index (χ4v) is 1.11. The van der Waals surface area contributed by atoms with E-state index in [1.807, 2.05) is 0 Å². The molecule has 1 fully saturated rings. The van der Waals surface area contributed by atoms with Crippen LogP contribution in [-0.4, -0.2) is 18.7 Å². The standard InChI is InChI=1S/C6H12N2O2/c7-5(9)4-2-1-3-10-6(4)8/h4,6H,1-3,8H2,(H2,7,9). The summed E-state index contributed by atoms with van der Waals surface area (Å²) in [5.74, 6) is -0.638. The summed E-state index contributed by atoms with van der Waals surface area (Å²) in [6.07, 6.45) is 1.16. The number of amides is 1. The molecule has 0 spiro atoms. The summed E-state index contributed by atoms with van der Waals surface area (Å²) in [4.78, 5) is 10.6. The highest BCUT2D eigenvalue weighted by Crippen LogP contribution is 2.16. The van der Waals surface area contributed by atoms with E-state index in [9.17, 15) is 4.79 Å². The Morgan fingerprint density at radius 2 is 2.30 bits per heavy atom. The van der Waals surface area contributed by atoms with Crippen molar-refractivity contribution in [3.05, 3.63) is 0 Å². The van der Waals surface area contributed by atoms with E-state index in [2.05, 4.69) is 0 Å². The molecule has 0 bridgehead atoms. The second-order valence-corrected chi connectivity index (χ2v) is 2.49. The number of primary amides is 1. The molecular formula is C6H12N2O2. The molecule has 1 saturated heterocycles. The molecule has 0 radical (unpaired) electrons. The topological polar surface area (TPSA) is 78.3 Å². The normalized spacial score (nSPS) is 33.7. The van der Waals surface area contributed by atoms with Gasteiger partial charge in [0.15, 0.2) is 0 Å². The Hall–Kier alpha value is -0.610. The summed E-state index contributed by atoms with van der Waals surface area (Å²) in [5, 5.41) is 0. The molecule has 0 aliphatic carbocycles. The summed E-state index contributed by atoms with van der Waals surface area (Å²) in [5.41, 5.74) is 10.5. The minimum atomic E-state index is -0.480. The van der Waals surface area contributed by atoms with Crippen molar-refractivity contribution in [2.45, 2.75) is 19.1 Å². The molecule has 2 atom stereocenters. The van der Waals surface area contributed by atoms with E-state index in [1.54, 1.807) is 0 Å². The number of ether oxygens (including phenoxy) is 1. The zero-order valence-corrected chi connectivity index (χ0v) is 5.75. The van der Waals surface area contributed by atoms with Crippen LogP contribution in [0.15, 0.2) is 0 Å². The predicted octanol–water partition coefficient (Wildman–Crippen LogP) is -0.817. The molecule has 10 heavy (non-hydrogen) atoms. The number of nitrogens with two attached hydrogens (primary N) is 2. The molecule has 1 rings (SSSR count). The monoisotopic (exact) mass is 144 g/mol. The van der Waals surface area contributed by atoms with Gasteiger partial charge in [0.05, 0.1) is 5.92 Å². The van der Waals surface area contributed by atoms with Crippen LogP contribution >= 0.6 is 0 Å². The van der Waals surface area contributed by atoms with Gasteiger partial charge in [0, 0.05) is 6.61 Å². The second kappa shape index (κ2) is 2.98. The average Bonchev–Trinajstić information content (AvgIpc) is 1.88. The van der Waals surface area contributed by atoms with Crippen molar-refractivity contribution in [1.29, 1.82) is 0 Å². The first kappa shape index (κ1) is 7.50. The lowest BCUT2D eigenvalue weighted by Crippen LogP contribution is -2.43. The largest absolute Gasteiger partial charge is 0.369 e. The van der Waals surface area contributed by atoms with Crippen molar-refractivity contribution < 1.29 is 9.53 Å². The highest BCUT2D eigenvalue weighted by molar-refractivity contribution is 5.77. The number of carbonyl (C=O) groups is 1. The molecule has 4 N–H and O–H groups in total. The first-order chi connectivity index (χ1) is 4.72. The highest BCUT2D eigenvalue weighted by Gasteiger charge is 2.26. The molecular weight excluding hydrogens is 132 g/mol. The lowest BCUT2D eigenvalue weighted by Gasteiger charge is -2.25. The third-order valence-electron chi connectivity index (χ3n) is 1.73. The van der Waals surface area contributed by atoms with Crippen LogP contribution in [0.2, 0.25) is 0 Å². The molecule has 58 valence electrons. The fraction of sp³-hybridized carbons (Fsp3) is 0.833. The molecule has 1 amide bonds. The van der Waals surface area contributed by atoms with Crippen LogP contribution in [0, 0.1) is 5.92 Å². The van der Waals surface area contributed by atoms with Gasteiger partial charge in [-0.1, -0.05) is 0 Å². The molecule has 1 heterocycles. The van der Waals surface area contributed by atoms with E-state index >= 15 is 0 Å². The van der Waals surface area contributed by atoms with Crippen molar-refractivity contribution in [3.8, 4) is 0 Å². The molecule has 0 saturated carbocycles. The Morgan fingerprint density at radius 1 is 1.60 bits per heavy atom. The van der Waals surface area contributed by atoms with Crippen LogP contribution in [-0.2, 0) is 9.53 Å². The smallest absolute Gasteiger partial charge is 0.224 e. The SMILES string of the molecule is NC(=O)C1CCCOC1N. The van der Waals surface area contributed by atoms with Gasteiger partial charge in [0.1, 0.15) is 6.23 Å². The Balaban J connectivity index is 2.47. The van der Waals surface area contributed by atoms with E-state index in [0.717, 1.165) is 12.8 Å². The summed E-state index contributed by atoms with van der Waals surface area (Å²) < 4.78 is 5.03. The van der Waals surface area contributed by atoms with E-state index in [4.69, 9.17) is 16.2 Å². The maximum Gasteiger partial charge on any atom is 0.224 e. The van der Waals surface area contributed by atoms with Gasteiger partial charge in [0.25, 0.3) is 0 Å². The van der Waals surface area contributed by atoms with E-state index in [-0.39, 0.29) is 11.8 Å².